The van der Waals surface area contributed by atoms with E-state index in [4.69, 9.17) is 4.74 Å². The predicted molar refractivity (Wildman–Crippen MR) is 84.4 cm³/mol. The summed E-state index contributed by atoms with van der Waals surface area (Å²) in [5, 5.41) is 14.0. The highest BCUT2D eigenvalue weighted by Crippen LogP contribution is 2.31. The Bertz CT molecular complexity index is 793. The Morgan fingerprint density at radius 3 is 2.70 bits per heavy atom. The Balaban J connectivity index is 2.09. The molecule has 0 fully saturated rings. The van der Waals surface area contributed by atoms with Gasteiger partial charge in [-0.15, -0.1) is 0 Å². The van der Waals surface area contributed by atoms with Gasteiger partial charge in [-0.3, -0.25) is 15.1 Å². The molecule has 0 unspecified atom stereocenters. The number of ether oxygens (including phenoxy) is 1. The highest BCUT2D eigenvalue weighted by molar-refractivity contribution is 7.90. The quantitative estimate of drug-likeness (QED) is 0.466. The number of para-hydroxylation sites is 1. The number of anilines is 1. The van der Waals surface area contributed by atoms with Gasteiger partial charge in [-0.05, 0) is 24.3 Å². The van der Waals surface area contributed by atoms with Crippen molar-refractivity contribution in [2.45, 2.75) is 4.90 Å². The highest BCUT2D eigenvalue weighted by Gasteiger charge is 2.25. The van der Waals surface area contributed by atoms with Crippen LogP contribution in [0, 0.1) is 10.1 Å². The molecule has 122 valence electrons. The van der Waals surface area contributed by atoms with Crippen molar-refractivity contribution in [1.82, 2.24) is 4.98 Å². The average molecular weight is 337 g/mol. The van der Waals surface area contributed by atoms with Crippen LogP contribution in [0.15, 0.2) is 47.6 Å². The summed E-state index contributed by atoms with van der Waals surface area (Å²) in [6.07, 6.45) is 4.10. The zero-order chi connectivity index (χ0) is 16.9. The van der Waals surface area contributed by atoms with Gasteiger partial charge in [0.05, 0.1) is 11.1 Å². The molecule has 1 heterocycles. The van der Waals surface area contributed by atoms with Crippen molar-refractivity contribution in [3.63, 3.8) is 0 Å². The van der Waals surface area contributed by atoms with E-state index in [0.717, 1.165) is 6.26 Å². The van der Waals surface area contributed by atoms with E-state index in [1.165, 1.54) is 18.2 Å². The van der Waals surface area contributed by atoms with Gasteiger partial charge in [-0.1, -0.05) is 6.07 Å². The molecule has 0 saturated heterocycles. The number of rotatable bonds is 7. The van der Waals surface area contributed by atoms with Crippen molar-refractivity contribution in [2.75, 3.05) is 24.7 Å². The molecule has 2 aromatic rings. The molecule has 0 atom stereocenters. The van der Waals surface area contributed by atoms with Crippen LogP contribution in [-0.2, 0) is 9.84 Å². The minimum Gasteiger partial charge on any atom is -0.490 e. The number of aromatic nitrogens is 1. The number of benzene rings is 1. The lowest BCUT2D eigenvalue weighted by Crippen LogP contribution is -2.13. The maximum Gasteiger partial charge on any atom is 0.310 e. The van der Waals surface area contributed by atoms with Crippen LogP contribution in [0.3, 0.4) is 0 Å². The predicted octanol–water partition coefficient (Wildman–Crippen LogP) is 1.88. The fourth-order valence-electron chi connectivity index (χ4n) is 1.94. The van der Waals surface area contributed by atoms with E-state index in [-0.39, 0.29) is 23.7 Å². The van der Waals surface area contributed by atoms with Gasteiger partial charge in [0.2, 0.25) is 0 Å². The summed E-state index contributed by atoms with van der Waals surface area (Å²) >= 11 is 0. The monoisotopic (exact) mass is 337 g/mol. The number of hydrogen-bond acceptors (Lipinski definition) is 7. The summed E-state index contributed by atoms with van der Waals surface area (Å²) in [4.78, 5) is 14.1. The summed E-state index contributed by atoms with van der Waals surface area (Å²) in [5.74, 6) is 0.577. The molecule has 1 N–H and O–H groups in total. The van der Waals surface area contributed by atoms with Crippen molar-refractivity contribution in [3.05, 3.63) is 52.8 Å². The van der Waals surface area contributed by atoms with Crippen molar-refractivity contribution < 1.29 is 18.1 Å². The first kappa shape index (κ1) is 16.7. The zero-order valence-electron chi connectivity index (χ0n) is 12.3. The molecule has 0 radical (unpaired) electrons. The van der Waals surface area contributed by atoms with E-state index in [9.17, 15) is 18.5 Å². The van der Waals surface area contributed by atoms with Crippen LogP contribution in [0.2, 0.25) is 0 Å². The van der Waals surface area contributed by atoms with Crippen molar-refractivity contribution in [2.24, 2.45) is 0 Å². The Hall–Kier alpha value is -2.68. The zero-order valence-corrected chi connectivity index (χ0v) is 13.1. The summed E-state index contributed by atoms with van der Waals surface area (Å²) in [6, 6.07) is 7.58. The standard InChI is InChI=1S/C14H15N3O5S/c1-23(20,21)13-6-2-5-12(14(13)17(18)19)16-8-9-22-11-4-3-7-15-10-11/h2-7,10,16H,8-9H2,1H3. The second-order valence-corrected chi connectivity index (χ2v) is 6.63. The Morgan fingerprint density at radius 1 is 1.30 bits per heavy atom. The number of nitro benzene ring substituents is 1. The lowest BCUT2D eigenvalue weighted by molar-refractivity contribution is -0.386. The van der Waals surface area contributed by atoms with Crippen LogP contribution < -0.4 is 10.1 Å². The van der Waals surface area contributed by atoms with Gasteiger partial charge in [-0.2, -0.15) is 0 Å². The lowest BCUT2D eigenvalue weighted by atomic mass is 10.2. The van der Waals surface area contributed by atoms with E-state index in [0.29, 0.717) is 5.75 Å². The number of nitro groups is 1. The smallest absolute Gasteiger partial charge is 0.310 e. The van der Waals surface area contributed by atoms with E-state index in [2.05, 4.69) is 10.3 Å². The van der Waals surface area contributed by atoms with Crippen molar-refractivity contribution in [3.8, 4) is 5.75 Å². The Labute approximate surface area is 133 Å². The summed E-state index contributed by atoms with van der Waals surface area (Å²) in [7, 11) is -3.70. The third-order valence-corrected chi connectivity index (χ3v) is 4.03. The van der Waals surface area contributed by atoms with Gasteiger partial charge < -0.3 is 10.1 Å². The maximum atomic E-state index is 11.7. The SMILES string of the molecule is CS(=O)(=O)c1cccc(NCCOc2cccnc2)c1[N+](=O)[O-]. The minimum atomic E-state index is -3.70. The molecule has 0 aliphatic rings. The fourth-order valence-corrected chi connectivity index (χ4v) is 2.80. The number of hydrogen-bond donors (Lipinski definition) is 1. The Morgan fingerprint density at radius 2 is 2.09 bits per heavy atom. The molecule has 0 aliphatic heterocycles. The van der Waals surface area contributed by atoms with Gasteiger partial charge in [0, 0.05) is 19.0 Å². The normalized spacial score (nSPS) is 11.0. The molecule has 1 aromatic carbocycles. The second kappa shape index (κ2) is 7.05. The van der Waals surface area contributed by atoms with Crippen LogP contribution >= 0.6 is 0 Å². The van der Waals surface area contributed by atoms with E-state index in [1.54, 1.807) is 24.5 Å². The molecule has 8 nitrogen and oxygen atoms in total. The number of nitrogens with one attached hydrogen (secondary N) is 1. The third kappa shape index (κ3) is 4.39. The minimum absolute atomic E-state index is 0.132. The van der Waals surface area contributed by atoms with Crippen molar-refractivity contribution in [1.29, 1.82) is 0 Å². The average Bonchev–Trinajstić information content (AvgIpc) is 2.51. The fraction of sp³-hybridized carbons (Fsp3) is 0.214. The molecular formula is C14H15N3O5S. The van der Waals surface area contributed by atoms with Crippen LogP contribution in [-0.4, -0.2) is 37.7 Å². The first-order valence-corrected chi connectivity index (χ1v) is 8.53. The molecule has 0 spiro atoms. The first-order chi connectivity index (χ1) is 10.9. The number of nitrogens with zero attached hydrogens (tertiary/aromatic N) is 2. The molecule has 0 saturated carbocycles. The molecule has 23 heavy (non-hydrogen) atoms. The van der Waals surface area contributed by atoms with E-state index < -0.39 is 20.4 Å². The maximum absolute atomic E-state index is 11.7. The molecule has 0 aliphatic carbocycles. The summed E-state index contributed by atoms with van der Waals surface area (Å²) < 4.78 is 28.7. The van der Waals surface area contributed by atoms with Crippen LogP contribution in [0.5, 0.6) is 5.75 Å². The molecule has 0 amide bonds. The van der Waals surface area contributed by atoms with Gasteiger partial charge in [0.1, 0.15) is 22.9 Å². The van der Waals surface area contributed by atoms with Gasteiger partial charge in [0.25, 0.3) is 0 Å². The van der Waals surface area contributed by atoms with Gasteiger partial charge in [-0.25, -0.2) is 8.42 Å². The topological polar surface area (TPSA) is 111 Å². The third-order valence-electron chi connectivity index (χ3n) is 2.90. The number of sulfone groups is 1. The molecular weight excluding hydrogens is 322 g/mol. The largest absolute Gasteiger partial charge is 0.490 e. The van der Waals surface area contributed by atoms with Crippen LogP contribution in [0.25, 0.3) is 0 Å². The molecule has 9 heteroatoms. The molecule has 2 rings (SSSR count). The van der Waals surface area contributed by atoms with Gasteiger partial charge in [0.15, 0.2) is 9.84 Å². The van der Waals surface area contributed by atoms with Crippen molar-refractivity contribution >= 4 is 21.2 Å². The van der Waals surface area contributed by atoms with E-state index >= 15 is 0 Å². The Kier molecular flexibility index (Phi) is 5.12. The summed E-state index contributed by atoms with van der Waals surface area (Å²) in [5.41, 5.74) is -0.330. The van der Waals surface area contributed by atoms with Gasteiger partial charge >= 0.3 is 5.69 Å². The first-order valence-electron chi connectivity index (χ1n) is 6.64. The molecule has 1 aromatic heterocycles. The van der Waals surface area contributed by atoms with E-state index in [1.807, 2.05) is 0 Å². The lowest BCUT2D eigenvalue weighted by Gasteiger charge is -2.10. The molecule has 0 bridgehead atoms. The summed E-state index contributed by atoms with van der Waals surface area (Å²) in [6.45, 7) is 0.509. The number of pyridine rings is 1. The highest BCUT2D eigenvalue weighted by atomic mass is 32.2. The van der Waals surface area contributed by atoms with Crippen LogP contribution in [0.4, 0.5) is 11.4 Å². The second-order valence-electron chi connectivity index (χ2n) is 4.65. The van der Waals surface area contributed by atoms with Crippen LogP contribution in [0.1, 0.15) is 0 Å².